The van der Waals surface area contributed by atoms with E-state index in [2.05, 4.69) is 20.2 Å². The number of rotatable bonds is 6. The van der Waals surface area contributed by atoms with Gasteiger partial charge >= 0.3 is 5.97 Å². The number of aromatic nitrogens is 2. The van der Waals surface area contributed by atoms with E-state index in [0.29, 0.717) is 18.1 Å². The molecular weight excluding hydrogens is 242 g/mol. The van der Waals surface area contributed by atoms with Crippen molar-refractivity contribution in [2.24, 2.45) is 0 Å². The summed E-state index contributed by atoms with van der Waals surface area (Å²) in [5.74, 6) is -0.237. The van der Waals surface area contributed by atoms with Gasteiger partial charge in [0.25, 0.3) is 0 Å². The molecule has 1 heterocycles. The molecule has 1 unspecified atom stereocenters. The van der Waals surface area contributed by atoms with Crippen LogP contribution in [0.4, 0.5) is 0 Å². The summed E-state index contributed by atoms with van der Waals surface area (Å²) in [6.07, 6.45) is -0.916. The maximum absolute atomic E-state index is 11.4. The average molecular weight is 257 g/mol. The van der Waals surface area contributed by atoms with Gasteiger partial charge in [0.2, 0.25) is 11.8 Å². The second-order valence-electron chi connectivity index (χ2n) is 3.58. The summed E-state index contributed by atoms with van der Waals surface area (Å²) in [5.41, 5.74) is 0. The van der Waals surface area contributed by atoms with E-state index < -0.39 is 12.1 Å². The van der Waals surface area contributed by atoms with Crippen LogP contribution in [0.5, 0.6) is 0 Å². The van der Waals surface area contributed by atoms with E-state index in [1.165, 1.54) is 0 Å². The predicted octanol–water partition coefficient (Wildman–Crippen LogP) is -1.04. The summed E-state index contributed by atoms with van der Waals surface area (Å²) in [6, 6.07) is 0. The van der Waals surface area contributed by atoms with Crippen molar-refractivity contribution in [1.29, 1.82) is 0 Å². The van der Waals surface area contributed by atoms with Gasteiger partial charge in [0, 0.05) is 12.8 Å². The maximum Gasteiger partial charge on any atom is 0.336 e. The Morgan fingerprint density at radius 3 is 2.83 bits per heavy atom. The fourth-order valence-corrected chi connectivity index (χ4v) is 1.18. The number of esters is 1. The first-order chi connectivity index (χ1) is 8.52. The van der Waals surface area contributed by atoms with Crippen molar-refractivity contribution in [3.8, 4) is 0 Å². The van der Waals surface area contributed by atoms with Crippen molar-refractivity contribution >= 4 is 11.9 Å². The minimum absolute atomic E-state index is 0.134. The van der Waals surface area contributed by atoms with Crippen molar-refractivity contribution in [3.05, 3.63) is 11.7 Å². The van der Waals surface area contributed by atoms with E-state index in [-0.39, 0.29) is 18.9 Å². The molecule has 8 nitrogen and oxygen atoms in total. The lowest BCUT2D eigenvalue weighted by Gasteiger charge is -2.09. The Morgan fingerprint density at radius 1 is 1.56 bits per heavy atom. The third-order valence-corrected chi connectivity index (χ3v) is 2.10. The highest BCUT2D eigenvalue weighted by atomic mass is 16.5. The van der Waals surface area contributed by atoms with Crippen LogP contribution in [0.2, 0.25) is 0 Å². The summed E-state index contributed by atoms with van der Waals surface area (Å²) in [5, 5.41) is 15.2. The smallest absolute Gasteiger partial charge is 0.336 e. The van der Waals surface area contributed by atoms with Crippen LogP contribution in [0.15, 0.2) is 4.52 Å². The van der Waals surface area contributed by atoms with Gasteiger partial charge in [-0.1, -0.05) is 5.16 Å². The number of carbonyl (C=O) groups excluding carboxylic acids is 2. The molecule has 1 aromatic heterocycles. The summed E-state index contributed by atoms with van der Waals surface area (Å²) < 4.78 is 9.13. The van der Waals surface area contributed by atoms with Crippen LogP contribution in [-0.4, -0.2) is 46.9 Å². The maximum atomic E-state index is 11.4. The first-order valence-corrected chi connectivity index (χ1v) is 5.34. The molecular formula is C10H15N3O5. The molecule has 18 heavy (non-hydrogen) atoms. The topological polar surface area (TPSA) is 115 Å². The Morgan fingerprint density at radius 2 is 2.28 bits per heavy atom. The van der Waals surface area contributed by atoms with Gasteiger partial charge in [-0.05, 0) is 6.92 Å². The Bertz CT molecular complexity index is 417. The number of methoxy groups -OCH3 is 1. The number of ether oxygens (including phenoxy) is 1. The fourth-order valence-electron chi connectivity index (χ4n) is 1.18. The molecule has 0 fully saturated rings. The standard InChI is InChI=1S/C10H15N3O5/c1-6-12-9(18-13-6)4-3-8(15)11-5-7(14)10(16)17-2/h7,14H,3-5H2,1-2H3,(H,11,15). The van der Waals surface area contributed by atoms with Gasteiger partial charge in [-0.3, -0.25) is 4.79 Å². The van der Waals surface area contributed by atoms with Crippen LogP contribution >= 0.6 is 0 Å². The number of nitrogens with one attached hydrogen (secondary N) is 1. The van der Waals surface area contributed by atoms with E-state index in [1.54, 1.807) is 6.92 Å². The molecule has 0 spiro atoms. The minimum atomic E-state index is -1.36. The number of nitrogens with zero attached hydrogens (tertiary/aromatic N) is 2. The largest absolute Gasteiger partial charge is 0.467 e. The molecule has 0 aliphatic heterocycles. The number of hydrogen-bond acceptors (Lipinski definition) is 7. The second-order valence-corrected chi connectivity index (χ2v) is 3.58. The summed E-state index contributed by atoms with van der Waals surface area (Å²) in [6.45, 7) is 1.49. The molecule has 0 bridgehead atoms. The van der Waals surface area contributed by atoms with Gasteiger partial charge in [0.15, 0.2) is 11.9 Å². The van der Waals surface area contributed by atoms with E-state index in [1.807, 2.05) is 0 Å². The first-order valence-electron chi connectivity index (χ1n) is 5.34. The van der Waals surface area contributed by atoms with Crippen molar-refractivity contribution in [2.75, 3.05) is 13.7 Å². The molecule has 1 atom stereocenters. The molecule has 0 aliphatic carbocycles. The summed E-state index contributed by atoms with van der Waals surface area (Å²) in [7, 11) is 1.16. The third-order valence-electron chi connectivity index (χ3n) is 2.10. The lowest BCUT2D eigenvalue weighted by Crippen LogP contribution is -2.37. The van der Waals surface area contributed by atoms with Gasteiger partial charge in [0.1, 0.15) is 0 Å². The SMILES string of the molecule is COC(=O)C(O)CNC(=O)CCc1nc(C)no1. The Hall–Kier alpha value is -1.96. The lowest BCUT2D eigenvalue weighted by molar-refractivity contribution is -0.150. The van der Waals surface area contributed by atoms with Crippen LogP contribution in [0.25, 0.3) is 0 Å². The summed E-state index contributed by atoms with van der Waals surface area (Å²) >= 11 is 0. The van der Waals surface area contributed by atoms with Gasteiger partial charge in [-0.2, -0.15) is 4.98 Å². The number of aliphatic hydroxyl groups is 1. The molecule has 0 aliphatic rings. The molecule has 0 aromatic carbocycles. The number of aryl methyl sites for hydroxylation is 2. The Balaban J connectivity index is 2.24. The molecule has 0 radical (unpaired) electrons. The van der Waals surface area contributed by atoms with E-state index >= 15 is 0 Å². The van der Waals surface area contributed by atoms with Crippen LogP contribution in [-0.2, 0) is 20.7 Å². The monoisotopic (exact) mass is 257 g/mol. The van der Waals surface area contributed by atoms with E-state index in [9.17, 15) is 14.7 Å². The van der Waals surface area contributed by atoms with Crippen molar-refractivity contribution < 1.29 is 24.0 Å². The molecule has 0 saturated heterocycles. The molecule has 0 saturated carbocycles. The van der Waals surface area contributed by atoms with Gasteiger partial charge in [0.05, 0.1) is 13.7 Å². The van der Waals surface area contributed by atoms with Crippen molar-refractivity contribution in [3.63, 3.8) is 0 Å². The van der Waals surface area contributed by atoms with Gasteiger partial charge < -0.3 is 19.7 Å². The molecule has 8 heteroatoms. The quantitative estimate of drug-likeness (QED) is 0.625. The zero-order valence-electron chi connectivity index (χ0n) is 10.2. The number of hydrogen-bond donors (Lipinski definition) is 2. The highest BCUT2D eigenvalue weighted by Crippen LogP contribution is 1.99. The average Bonchev–Trinajstić information content (AvgIpc) is 2.78. The molecule has 100 valence electrons. The molecule has 1 rings (SSSR count). The van der Waals surface area contributed by atoms with E-state index in [0.717, 1.165) is 7.11 Å². The first kappa shape index (κ1) is 14.1. The van der Waals surface area contributed by atoms with Crippen LogP contribution in [0, 0.1) is 6.92 Å². The van der Waals surface area contributed by atoms with E-state index in [4.69, 9.17) is 4.52 Å². The molecule has 1 aromatic rings. The van der Waals surface area contributed by atoms with Crippen LogP contribution < -0.4 is 5.32 Å². The van der Waals surface area contributed by atoms with Gasteiger partial charge in [-0.15, -0.1) is 0 Å². The van der Waals surface area contributed by atoms with Crippen LogP contribution in [0.1, 0.15) is 18.1 Å². The second kappa shape index (κ2) is 6.70. The Labute approximate surface area is 103 Å². The third kappa shape index (κ3) is 4.50. The normalized spacial score (nSPS) is 11.9. The zero-order valence-corrected chi connectivity index (χ0v) is 10.2. The predicted molar refractivity (Wildman–Crippen MR) is 58.4 cm³/mol. The Kier molecular flexibility index (Phi) is 5.25. The highest BCUT2D eigenvalue weighted by Gasteiger charge is 2.16. The van der Waals surface area contributed by atoms with Crippen LogP contribution in [0.3, 0.4) is 0 Å². The van der Waals surface area contributed by atoms with Gasteiger partial charge in [-0.25, -0.2) is 4.79 Å². The lowest BCUT2D eigenvalue weighted by atomic mass is 10.3. The zero-order chi connectivity index (χ0) is 13.5. The van der Waals surface area contributed by atoms with Crippen molar-refractivity contribution in [2.45, 2.75) is 25.9 Å². The highest BCUT2D eigenvalue weighted by molar-refractivity contribution is 5.78. The summed E-state index contributed by atoms with van der Waals surface area (Å²) in [4.78, 5) is 26.2. The number of carbonyl (C=O) groups is 2. The minimum Gasteiger partial charge on any atom is -0.467 e. The number of amides is 1. The van der Waals surface area contributed by atoms with Crippen molar-refractivity contribution in [1.82, 2.24) is 15.5 Å². The molecule has 2 N–H and O–H groups in total. The fraction of sp³-hybridized carbons (Fsp3) is 0.600. The number of aliphatic hydroxyl groups excluding tert-OH is 1. The molecule has 1 amide bonds.